The maximum Gasteiger partial charge on any atom is 0.412 e. The third-order valence-electron chi connectivity index (χ3n) is 2.20. The van der Waals surface area contributed by atoms with Crippen LogP contribution in [0.15, 0.2) is 18.2 Å². The molecule has 0 radical (unpaired) electrons. The summed E-state index contributed by atoms with van der Waals surface area (Å²) in [5.41, 5.74) is 0.915. The maximum atomic E-state index is 11.6. The molecule has 102 valence electrons. The Labute approximate surface area is 118 Å². The molecule has 0 fully saturated rings. The first-order chi connectivity index (χ1) is 8.81. The average Bonchev–Trinajstić information content (AvgIpc) is 2.25. The summed E-state index contributed by atoms with van der Waals surface area (Å²) in [4.78, 5) is 11.6. The van der Waals surface area contributed by atoms with E-state index in [9.17, 15) is 4.79 Å². The molecule has 19 heavy (non-hydrogen) atoms. The van der Waals surface area contributed by atoms with E-state index < -0.39 is 11.7 Å². The van der Waals surface area contributed by atoms with Crippen molar-refractivity contribution in [1.82, 2.24) is 0 Å². The Balaban J connectivity index is 2.69. The second-order valence-electron chi connectivity index (χ2n) is 5.09. The SMILES string of the molecule is CC(C)(C)OC(=O)Nc1ccc(CCC#N)c(Cl)c1. The number of nitrogens with zero attached hydrogens (tertiary/aromatic N) is 1. The molecule has 0 spiro atoms. The molecule has 1 rings (SSSR count). The van der Waals surface area contributed by atoms with Crippen LogP contribution in [-0.2, 0) is 11.2 Å². The highest BCUT2D eigenvalue weighted by Gasteiger charge is 2.16. The monoisotopic (exact) mass is 280 g/mol. The van der Waals surface area contributed by atoms with Crippen molar-refractivity contribution in [2.24, 2.45) is 0 Å². The fourth-order valence-electron chi connectivity index (χ4n) is 1.44. The summed E-state index contributed by atoms with van der Waals surface area (Å²) in [5.74, 6) is 0. The van der Waals surface area contributed by atoms with E-state index in [-0.39, 0.29) is 0 Å². The first-order valence-corrected chi connectivity index (χ1v) is 6.35. The summed E-state index contributed by atoms with van der Waals surface area (Å²) < 4.78 is 5.14. The van der Waals surface area contributed by atoms with Gasteiger partial charge < -0.3 is 4.74 Å². The zero-order valence-corrected chi connectivity index (χ0v) is 12.0. The summed E-state index contributed by atoms with van der Waals surface area (Å²) in [5, 5.41) is 11.7. The van der Waals surface area contributed by atoms with Crippen LogP contribution in [0.1, 0.15) is 32.8 Å². The zero-order chi connectivity index (χ0) is 14.5. The standard InChI is InChI=1S/C14H17ClN2O2/c1-14(2,3)19-13(18)17-11-7-6-10(5-4-8-16)12(15)9-11/h6-7,9H,4-5H2,1-3H3,(H,17,18). The van der Waals surface area contributed by atoms with Gasteiger partial charge in [-0.3, -0.25) is 5.32 Å². The van der Waals surface area contributed by atoms with E-state index >= 15 is 0 Å². The first-order valence-electron chi connectivity index (χ1n) is 5.97. The highest BCUT2D eigenvalue weighted by Crippen LogP contribution is 2.22. The molecule has 4 nitrogen and oxygen atoms in total. The number of anilines is 1. The molecule has 0 bridgehead atoms. The van der Waals surface area contributed by atoms with Gasteiger partial charge in [0.2, 0.25) is 0 Å². The van der Waals surface area contributed by atoms with Crippen molar-refractivity contribution in [3.63, 3.8) is 0 Å². The Morgan fingerprint density at radius 3 is 2.68 bits per heavy atom. The lowest BCUT2D eigenvalue weighted by molar-refractivity contribution is 0.0636. The van der Waals surface area contributed by atoms with Crippen LogP contribution in [0.5, 0.6) is 0 Å². The summed E-state index contributed by atoms with van der Waals surface area (Å²) >= 11 is 6.08. The van der Waals surface area contributed by atoms with Crippen LogP contribution in [0.4, 0.5) is 10.5 Å². The number of amides is 1. The molecule has 0 saturated heterocycles. The number of carbonyl (C=O) groups excluding carboxylic acids is 1. The molecule has 0 saturated carbocycles. The van der Waals surface area contributed by atoms with Gasteiger partial charge in [0.15, 0.2) is 0 Å². The molecule has 0 atom stereocenters. The van der Waals surface area contributed by atoms with E-state index in [1.165, 1.54) is 0 Å². The lowest BCUT2D eigenvalue weighted by Gasteiger charge is -2.19. The van der Waals surface area contributed by atoms with E-state index in [1.807, 2.05) is 0 Å². The van der Waals surface area contributed by atoms with Gasteiger partial charge in [-0.05, 0) is 44.9 Å². The number of nitrogens with one attached hydrogen (secondary N) is 1. The Kier molecular flexibility index (Phi) is 5.20. The molecule has 1 aromatic rings. The molecule has 1 amide bonds. The third-order valence-corrected chi connectivity index (χ3v) is 2.56. The van der Waals surface area contributed by atoms with Crippen molar-refractivity contribution < 1.29 is 9.53 Å². The van der Waals surface area contributed by atoms with Gasteiger partial charge in [0.05, 0.1) is 6.07 Å². The molecule has 0 aliphatic rings. The van der Waals surface area contributed by atoms with E-state index in [4.69, 9.17) is 21.6 Å². The van der Waals surface area contributed by atoms with Gasteiger partial charge in [0, 0.05) is 17.1 Å². The first kappa shape index (κ1) is 15.3. The fraction of sp³-hybridized carbons (Fsp3) is 0.429. The number of halogens is 1. The van der Waals surface area contributed by atoms with Gasteiger partial charge in [0.25, 0.3) is 0 Å². The second kappa shape index (κ2) is 6.44. The van der Waals surface area contributed by atoms with Crippen LogP contribution in [-0.4, -0.2) is 11.7 Å². The molecule has 1 aromatic carbocycles. The molecular weight excluding hydrogens is 264 g/mol. The summed E-state index contributed by atoms with van der Waals surface area (Å²) in [6, 6.07) is 7.26. The van der Waals surface area contributed by atoms with Gasteiger partial charge in [-0.25, -0.2) is 4.79 Å². The fourth-order valence-corrected chi connectivity index (χ4v) is 1.71. The van der Waals surface area contributed by atoms with Gasteiger partial charge in [-0.2, -0.15) is 5.26 Å². The summed E-state index contributed by atoms with van der Waals surface area (Å²) in [7, 11) is 0. The van der Waals surface area contributed by atoms with Crippen LogP contribution >= 0.6 is 11.6 Å². The molecule has 0 aliphatic carbocycles. The smallest absolute Gasteiger partial charge is 0.412 e. The van der Waals surface area contributed by atoms with Crippen LogP contribution in [0, 0.1) is 11.3 Å². The van der Waals surface area contributed by atoms with Crippen molar-refractivity contribution in [2.45, 2.75) is 39.2 Å². The number of benzene rings is 1. The van der Waals surface area contributed by atoms with Crippen LogP contribution in [0.3, 0.4) is 0 Å². The Morgan fingerprint density at radius 1 is 1.47 bits per heavy atom. The highest BCUT2D eigenvalue weighted by molar-refractivity contribution is 6.31. The van der Waals surface area contributed by atoms with Gasteiger partial charge in [-0.15, -0.1) is 0 Å². The number of hydrogen-bond donors (Lipinski definition) is 1. The van der Waals surface area contributed by atoms with E-state index in [2.05, 4.69) is 11.4 Å². The number of hydrogen-bond acceptors (Lipinski definition) is 3. The van der Waals surface area contributed by atoms with Gasteiger partial charge in [0.1, 0.15) is 5.60 Å². The lowest BCUT2D eigenvalue weighted by atomic mass is 10.1. The van der Waals surface area contributed by atoms with Crippen molar-refractivity contribution in [1.29, 1.82) is 5.26 Å². The largest absolute Gasteiger partial charge is 0.444 e. The van der Waals surface area contributed by atoms with E-state index in [0.717, 1.165) is 5.56 Å². The zero-order valence-electron chi connectivity index (χ0n) is 11.3. The number of ether oxygens (including phenoxy) is 1. The minimum absolute atomic E-state index is 0.415. The molecule has 0 heterocycles. The quantitative estimate of drug-likeness (QED) is 0.905. The molecule has 1 N–H and O–H groups in total. The van der Waals surface area contributed by atoms with Crippen molar-refractivity contribution in [3.8, 4) is 6.07 Å². The summed E-state index contributed by atoms with van der Waals surface area (Å²) in [6.45, 7) is 5.39. The summed E-state index contributed by atoms with van der Waals surface area (Å²) in [6.07, 6.45) is 0.494. The van der Waals surface area contributed by atoms with Gasteiger partial charge in [-0.1, -0.05) is 17.7 Å². The molecule has 0 unspecified atom stereocenters. The predicted molar refractivity (Wildman–Crippen MR) is 75.2 cm³/mol. The van der Waals surface area contributed by atoms with Gasteiger partial charge >= 0.3 is 6.09 Å². The minimum atomic E-state index is -0.541. The van der Waals surface area contributed by atoms with E-state index in [0.29, 0.717) is 23.6 Å². The number of nitriles is 1. The van der Waals surface area contributed by atoms with Crippen LogP contribution in [0.2, 0.25) is 5.02 Å². The van der Waals surface area contributed by atoms with Crippen LogP contribution < -0.4 is 5.32 Å². The topological polar surface area (TPSA) is 62.1 Å². The molecule has 0 aliphatic heterocycles. The Bertz CT molecular complexity index is 501. The maximum absolute atomic E-state index is 11.6. The number of rotatable bonds is 3. The molecule has 0 aromatic heterocycles. The number of carbonyl (C=O) groups is 1. The Hall–Kier alpha value is -1.73. The predicted octanol–water partition coefficient (Wildman–Crippen LogP) is 4.14. The highest BCUT2D eigenvalue weighted by atomic mass is 35.5. The normalized spacial score (nSPS) is 10.7. The van der Waals surface area contributed by atoms with Crippen molar-refractivity contribution >= 4 is 23.4 Å². The van der Waals surface area contributed by atoms with Crippen molar-refractivity contribution in [3.05, 3.63) is 28.8 Å². The minimum Gasteiger partial charge on any atom is -0.444 e. The second-order valence-corrected chi connectivity index (χ2v) is 5.50. The lowest BCUT2D eigenvalue weighted by Crippen LogP contribution is -2.27. The van der Waals surface area contributed by atoms with Crippen LogP contribution in [0.25, 0.3) is 0 Å². The van der Waals surface area contributed by atoms with E-state index in [1.54, 1.807) is 39.0 Å². The number of aryl methyl sites for hydroxylation is 1. The molecular formula is C14H17ClN2O2. The third kappa shape index (κ3) is 5.62. The van der Waals surface area contributed by atoms with Crippen molar-refractivity contribution in [2.75, 3.05) is 5.32 Å². The molecule has 5 heteroatoms. The average molecular weight is 281 g/mol. The Morgan fingerprint density at radius 2 is 2.16 bits per heavy atom.